The SMILES string of the molecule is CSC(=Nc1cc(S(=O)(=O)O)cc(NS(=O)(=O)c2cccc([N+](=O)[O-])c2)c1C)NC#N. The molecule has 0 atom stereocenters. The second-order valence-corrected chi connectivity index (χ2v) is 9.71. The Labute approximate surface area is 182 Å². The largest absolute Gasteiger partial charge is 0.294 e. The number of nitriles is 1. The summed E-state index contributed by atoms with van der Waals surface area (Å²) in [5.74, 6) is 0. The van der Waals surface area contributed by atoms with Gasteiger partial charge in [-0.15, -0.1) is 0 Å². The normalized spacial score (nSPS) is 12.1. The Morgan fingerprint density at radius 1 is 1.23 bits per heavy atom. The van der Waals surface area contributed by atoms with Gasteiger partial charge in [0.1, 0.15) is 0 Å². The maximum atomic E-state index is 12.7. The standard InChI is InChI=1S/C16H15N5O7S3/c1-10-14(19-16(29-2)18-9-17)7-13(31(26,27)28)8-15(10)20-30(24,25)12-5-3-4-11(6-12)21(22)23/h3-8,20H,1-2H3,(H,18,19)(H,26,27,28). The van der Waals surface area contributed by atoms with Crippen molar-refractivity contribution in [3.8, 4) is 6.19 Å². The number of rotatable bonds is 6. The van der Waals surface area contributed by atoms with Crippen LogP contribution in [0.5, 0.6) is 0 Å². The third-order valence-corrected chi connectivity index (χ3v) is 6.59. The van der Waals surface area contributed by atoms with Crippen molar-refractivity contribution in [1.29, 1.82) is 5.26 Å². The van der Waals surface area contributed by atoms with Crippen LogP contribution >= 0.6 is 11.8 Å². The van der Waals surface area contributed by atoms with Crippen molar-refractivity contribution in [3.63, 3.8) is 0 Å². The molecule has 0 aliphatic rings. The van der Waals surface area contributed by atoms with E-state index in [1.807, 2.05) is 0 Å². The number of anilines is 1. The summed E-state index contributed by atoms with van der Waals surface area (Å²) in [6.45, 7) is 1.43. The first kappa shape index (κ1) is 24.1. The van der Waals surface area contributed by atoms with E-state index >= 15 is 0 Å². The number of sulfonamides is 1. The molecule has 0 radical (unpaired) electrons. The molecule has 0 heterocycles. The van der Waals surface area contributed by atoms with Gasteiger partial charge in [-0.25, -0.2) is 13.4 Å². The number of thioether (sulfide) groups is 1. The minimum atomic E-state index is -4.74. The first-order chi connectivity index (χ1) is 14.4. The van der Waals surface area contributed by atoms with E-state index < -0.39 is 40.5 Å². The topological polar surface area (TPSA) is 192 Å². The molecule has 3 N–H and O–H groups in total. The molecule has 12 nitrogen and oxygen atoms in total. The summed E-state index contributed by atoms with van der Waals surface area (Å²) >= 11 is 1.03. The van der Waals surface area contributed by atoms with Crippen molar-refractivity contribution in [2.75, 3.05) is 11.0 Å². The van der Waals surface area contributed by atoms with Crippen LogP contribution in [0.25, 0.3) is 0 Å². The van der Waals surface area contributed by atoms with Gasteiger partial charge < -0.3 is 0 Å². The van der Waals surface area contributed by atoms with Crippen LogP contribution in [0.15, 0.2) is 51.2 Å². The van der Waals surface area contributed by atoms with Gasteiger partial charge in [-0.1, -0.05) is 17.8 Å². The van der Waals surface area contributed by atoms with Gasteiger partial charge in [0.25, 0.3) is 25.8 Å². The maximum absolute atomic E-state index is 12.7. The number of hydrogen-bond donors (Lipinski definition) is 3. The Kier molecular flexibility index (Phi) is 7.23. The molecule has 0 aliphatic heterocycles. The highest BCUT2D eigenvalue weighted by atomic mass is 32.2. The van der Waals surface area contributed by atoms with Crippen LogP contribution in [0.1, 0.15) is 5.56 Å². The number of hydrogen-bond acceptors (Lipinski definition) is 9. The van der Waals surface area contributed by atoms with E-state index in [9.17, 15) is 31.5 Å². The van der Waals surface area contributed by atoms with E-state index in [-0.39, 0.29) is 22.1 Å². The fourth-order valence-electron chi connectivity index (χ4n) is 2.29. The number of nitrogens with zero attached hydrogens (tertiary/aromatic N) is 3. The number of non-ortho nitro benzene ring substituents is 1. The summed E-state index contributed by atoms with van der Waals surface area (Å²) in [6, 6.07) is 6.15. The van der Waals surface area contributed by atoms with Gasteiger partial charge in [-0.05, 0) is 36.9 Å². The molecule has 0 fully saturated rings. The van der Waals surface area contributed by atoms with Crippen molar-refractivity contribution >= 4 is 54.1 Å². The average molecular weight is 486 g/mol. The fourth-order valence-corrected chi connectivity index (χ4v) is 4.31. The second-order valence-electron chi connectivity index (χ2n) is 5.81. The lowest BCUT2D eigenvalue weighted by atomic mass is 10.1. The molecule has 164 valence electrons. The van der Waals surface area contributed by atoms with Crippen molar-refractivity contribution in [3.05, 3.63) is 52.1 Å². The number of nitro groups is 1. The Morgan fingerprint density at radius 3 is 2.45 bits per heavy atom. The lowest BCUT2D eigenvalue weighted by Gasteiger charge is -2.14. The number of benzene rings is 2. The van der Waals surface area contributed by atoms with Crippen LogP contribution in [-0.4, -0.2) is 37.7 Å². The van der Waals surface area contributed by atoms with Gasteiger partial charge in [-0.2, -0.15) is 13.7 Å². The Morgan fingerprint density at radius 2 is 1.90 bits per heavy atom. The first-order valence-electron chi connectivity index (χ1n) is 8.06. The molecule has 31 heavy (non-hydrogen) atoms. The Bertz CT molecular complexity index is 1320. The predicted molar refractivity (Wildman–Crippen MR) is 114 cm³/mol. The minimum Gasteiger partial charge on any atom is -0.282 e. The third kappa shape index (κ3) is 5.92. The highest BCUT2D eigenvalue weighted by Gasteiger charge is 2.22. The zero-order valence-corrected chi connectivity index (χ0v) is 18.4. The molecule has 2 aromatic carbocycles. The van der Waals surface area contributed by atoms with E-state index in [2.05, 4.69) is 15.0 Å². The van der Waals surface area contributed by atoms with Crippen molar-refractivity contribution in [1.82, 2.24) is 5.32 Å². The molecule has 2 aromatic rings. The van der Waals surface area contributed by atoms with Gasteiger partial charge >= 0.3 is 0 Å². The maximum Gasteiger partial charge on any atom is 0.294 e. The number of aliphatic imine (C=N–C) groups is 1. The molecule has 0 aliphatic carbocycles. The van der Waals surface area contributed by atoms with Gasteiger partial charge in [0.05, 0.1) is 26.1 Å². The van der Waals surface area contributed by atoms with Crippen molar-refractivity contribution in [2.45, 2.75) is 16.7 Å². The van der Waals surface area contributed by atoms with Gasteiger partial charge in [0.15, 0.2) is 11.4 Å². The number of nitrogens with one attached hydrogen (secondary N) is 2. The number of amidine groups is 1. The molecular formula is C16H15N5O7S3. The highest BCUT2D eigenvalue weighted by Crippen LogP contribution is 2.32. The van der Waals surface area contributed by atoms with Crippen molar-refractivity contribution in [2.24, 2.45) is 4.99 Å². The monoisotopic (exact) mass is 485 g/mol. The molecule has 0 saturated heterocycles. The summed E-state index contributed by atoms with van der Waals surface area (Å²) in [4.78, 5) is 13.2. The lowest BCUT2D eigenvalue weighted by molar-refractivity contribution is -0.385. The van der Waals surface area contributed by atoms with Crippen LogP contribution in [0.2, 0.25) is 0 Å². The smallest absolute Gasteiger partial charge is 0.282 e. The Hall–Kier alpha value is -3.19. The quantitative estimate of drug-likeness (QED) is 0.104. The van der Waals surface area contributed by atoms with Crippen LogP contribution in [0, 0.1) is 28.5 Å². The second kappa shape index (κ2) is 9.31. The molecule has 0 amide bonds. The third-order valence-electron chi connectivity index (χ3n) is 3.81. The molecule has 0 aromatic heterocycles. The zero-order chi connectivity index (χ0) is 23.4. The Balaban J connectivity index is 2.65. The molecule has 0 saturated carbocycles. The van der Waals surface area contributed by atoms with Crippen LogP contribution < -0.4 is 10.0 Å². The van der Waals surface area contributed by atoms with Crippen LogP contribution in [0.4, 0.5) is 17.1 Å². The van der Waals surface area contributed by atoms with E-state index in [1.54, 1.807) is 12.4 Å². The molecular weight excluding hydrogens is 470 g/mol. The fraction of sp³-hybridized carbons (Fsp3) is 0.125. The average Bonchev–Trinajstić information content (AvgIpc) is 2.69. The molecule has 0 spiro atoms. The van der Waals surface area contributed by atoms with E-state index in [4.69, 9.17) is 5.26 Å². The zero-order valence-electron chi connectivity index (χ0n) is 15.9. The van der Waals surface area contributed by atoms with Crippen molar-refractivity contribution < 1.29 is 26.3 Å². The van der Waals surface area contributed by atoms with Gasteiger partial charge in [-0.3, -0.25) is 24.7 Å². The van der Waals surface area contributed by atoms with Crippen LogP contribution in [-0.2, 0) is 20.1 Å². The molecule has 0 bridgehead atoms. The lowest BCUT2D eigenvalue weighted by Crippen LogP contribution is -2.15. The minimum absolute atomic E-state index is 0.0426. The predicted octanol–water partition coefficient (Wildman–Crippen LogP) is 2.37. The molecule has 0 unspecified atom stereocenters. The summed E-state index contributed by atoms with van der Waals surface area (Å²) < 4.78 is 60.4. The van der Waals surface area contributed by atoms with Gasteiger partial charge in [0.2, 0.25) is 0 Å². The molecule has 15 heteroatoms. The van der Waals surface area contributed by atoms with E-state index in [0.717, 1.165) is 42.1 Å². The van der Waals surface area contributed by atoms with Gasteiger partial charge in [0, 0.05) is 12.1 Å². The first-order valence-corrected chi connectivity index (χ1v) is 12.2. The summed E-state index contributed by atoms with van der Waals surface area (Å²) in [7, 11) is -9.11. The van der Waals surface area contributed by atoms with E-state index in [0.29, 0.717) is 0 Å². The molecule has 2 rings (SSSR count). The number of nitro benzene ring substituents is 1. The summed E-state index contributed by atoms with van der Waals surface area (Å²) in [6.07, 6.45) is 3.25. The van der Waals surface area contributed by atoms with E-state index in [1.165, 1.54) is 13.0 Å². The highest BCUT2D eigenvalue weighted by molar-refractivity contribution is 8.13. The summed E-state index contributed by atoms with van der Waals surface area (Å²) in [5.41, 5.74) is -0.562. The van der Waals surface area contributed by atoms with Crippen LogP contribution in [0.3, 0.4) is 0 Å². The summed E-state index contributed by atoms with van der Waals surface area (Å²) in [5, 5.41) is 22.1.